The number of benzene rings is 1. The molecular weight excluding hydrogens is 378 g/mol. The molecule has 2 N–H and O–H groups in total. The summed E-state index contributed by atoms with van der Waals surface area (Å²) in [7, 11) is 0. The van der Waals surface area contributed by atoms with Gasteiger partial charge in [-0.3, -0.25) is 19.3 Å². The molecule has 2 fully saturated rings. The molecule has 1 spiro atoms. The van der Waals surface area contributed by atoms with E-state index in [1.54, 1.807) is 6.07 Å². The number of hydrogen-bond donors (Lipinski definition) is 2. The molecule has 4 amide bonds. The van der Waals surface area contributed by atoms with Gasteiger partial charge in [0.1, 0.15) is 5.54 Å². The number of imide groups is 1. The van der Waals surface area contributed by atoms with Crippen LogP contribution in [0.5, 0.6) is 11.5 Å². The third kappa shape index (κ3) is 3.52. The van der Waals surface area contributed by atoms with E-state index < -0.39 is 17.5 Å². The molecular formula is C20H23N3O6. The lowest BCUT2D eigenvalue weighted by atomic mass is 9.82. The molecule has 0 bridgehead atoms. The Morgan fingerprint density at radius 2 is 1.83 bits per heavy atom. The van der Waals surface area contributed by atoms with Crippen LogP contribution in [0.3, 0.4) is 0 Å². The van der Waals surface area contributed by atoms with E-state index in [-0.39, 0.29) is 31.4 Å². The summed E-state index contributed by atoms with van der Waals surface area (Å²) < 4.78 is 10.6. The van der Waals surface area contributed by atoms with Crippen LogP contribution in [0, 0.1) is 0 Å². The molecule has 9 heteroatoms. The van der Waals surface area contributed by atoms with E-state index in [2.05, 4.69) is 10.6 Å². The number of nitrogens with one attached hydrogen (secondary N) is 2. The molecule has 2 heterocycles. The van der Waals surface area contributed by atoms with Crippen molar-refractivity contribution in [1.82, 2.24) is 10.2 Å². The quantitative estimate of drug-likeness (QED) is 0.578. The van der Waals surface area contributed by atoms with Crippen molar-refractivity contribution in [3.05, 3.63) is 17.7 Å². The third-order valence-electron chi connectivity index (χ3n) is 5.68. The fourth-order valence-electron chi connectivity index (χ4n) is 4.14. The van der Waals surface area contributed by atoms with E-state index in [1.165, 1.54) is 13.0 Å². The van der Waals surface area contributed by atoms with Gasteiger partial charge >= 0.3 is 6.03 Å². The van der Waals surface area contributed by atoms with Gasteiger partial charge in [-0.2, -0.15) is 0 Å². The molecule has 0 aromatic heterocycles. The predicted molar refractivity (Wildman–Crippen MR) is 102 cm³/mol. The van der Waals surface area contributed by atoms with Gasteiger partial charge in [0.25, 0.3) is 5.91 Å². The Morgan fingerprint density at radius 1 is 1.14 bits per heavy atom. The zero-order valence-corrected chi connectivity index (χ0v) is 16.2. The van der Waals surface area contributed by atoms with Crippen molar-refractivity contribution in [2.75, 3.05) is 18.7 Å². The summed E-state index contributed by atoms with van der Waals surface area (Å²) in [6.45, 7) is 1.43. The molecule has 9 nitrogen and oxygen atoms in total. The lowest BCUT2D eigenvalue weighted by molar-refractivity contribution is -0.132. The van der Waals surface area contributed by atoms with E-state index in [1.807, 2.05) is 0 Å². The number of ketones is 1. The maximum absolute atomic E-state index is 12.8. The van der Waals surface area contributed by atoms with E-state index >= 15 is 0 Å². The number of fused-ring (bicyclic) bond motifs is 1. The zero-order valence-electron chi connectivity index (χ0n) is 16.2. The van der Waals surface area contributed by atoms with Crippen LogP contribution < -0.4 is 20.1 Å². The van der Waals surface area contributed by atoms with Gasteiger partial charge in [-0.15, -0.1) is 0 Å². The average Bonchev–Trinajstić information content (AvgIpc) is 3.23. The molecule has 1 aromatic rings. The summed E-state index contributed by atoms with van der Waals surface area (Å²) in [4.78, 5) is 50.6. The van der Waals surface area contributed by atoms with Crippen LogP contribution in [0.4, 0.5) is 10.5 Å². The average molecular weight is 401 g/mol. The number of hydrogen-bond acceptors (Lipinski definition) is 6. The first-order valence-electron chi connectivity index (χ1n) is 9.78. The first kappa shape index (κ1) is 19.2. The second kappa shape index (κ2) is 7.38. The number of carbonyl (C=O) groups is 4. The highest BCUT2D eigenvalue weighted by molar-refractivity contribution is 6.08. The lowest BCUT2D eigenvalue weighted by Gasteiger charge is -2.30. The van der Waals surface area contributed by atoms with Gasteiger partial charge in [-0.25, -0.2) is 4.79 Å². The number of amides is 4. The number of nitrogens with zero attached hydrogens (tertiary/aromatic N) is 1. The summed E-state index contributed by atoms with van der Waals surface area (Å²) in [5.74, 6) is 0.00922. The number of Topliss-reactive ketones (excluding diaryl/α,β-unsaturated/α-hetero) is 1. The van der Waals surface area contributed by atoms with E-state index in [0.717, 1.165) is 24.2 Å². The highest BCUT2D eigenvalue weighted by Gasteiger charge is 2.51. The Balaban J connectivity index is 1.41. The van der Waals surface area contributed by atoms with Crippen LogP contribution in [-0.4, -0.2) is 47.4 Å². The Bertz CT molecular complexity index is 890. The van der Waals surface area contributed by atoms with E-state index in [9.17, 15) is 19.2 Å². The molecule has 1 saturated carbocycles. The van der Waals surface area contributed by atoms with Gasteiger partial charge in [0.15, 0.2) is 17.3 Å². The second-order valence-electron chi connectivity index (χ2n) is 7.64. The van der Waals surface area contributed by atoms with Crippen LogP contribution in [-0.2, 0) is 9.59 Å². The molecule has 0 radical (unpaired) electrons. The Morgan fingerprint density at radius 3 is 2.52 bits per heavy atom. The van der Waals surface area contributed by atoms with Crippen molar-refractivity contribution in [3.8, 4) is 11.5 Å². The van der Waals surface area contributed by atoms with Crippen molar-refractivity contribution in [3.63, 3.8) is 0 Å². The molecule has 3 aliphatic rings. The fraction of sp³-hybridized carbons (Fsp3) is 0.500. The van der Waals surface area contributed by atoms with Crippen molar-refractivity contribution in [2.24, 2.45) is 0 Å². The molecule has 1 saturated heterocycles. The van der Waals surface area contributed by atoms with Gasteiger partial charge in [0, 0.05) is 24.6 Å². The van der Waals surface area contributed by atoms with Gasteiger partial charge in [0.05, 0.1) is 5.69 Å². The fourth-order valence-corrected chi connectivity index (χ4v) is 4.14. The summed E-state index contributed by atoms with van der Waals surface area (Å²) in [6, 6.07) is 2.63. The van der Waals surface area contributed by atoms with E-state index in [0.29, 0.717) is 35.6 Å². The van der Waals surface area contributed by atoms with Crippen LogP contribution in [0.15, 0.2) is 12.1 Å². The van der Waals surface area contributed by atoms with E-state index in [4.69, 9.17) is 9.47 Å². The number of rotatable bonds is 5. The summed E-state index contributed by atoms with van der Waals surface area (Å²) >= 11 is 0. The topological polar surface area (TPSA) is 114 Å². The van der Waals surface area contributed by atoms with Crippen molar-refractivity contribution < 1.29 is 28.7 Å². The molecule has 4 rings (SSSR count). The number of carbonyl (C=O) groups excluding carboxylic acids is 4. The maximum Gasteiger partial charge on any atom is 0.325 e. The van der Waals surface area contributed by atoms with Gasteiger partial charge in [-0.05, 0) is 25.8 Å². The maximum atomic E-state index is 12.8. The molecule has 29 heavy (non-hydrogen) atoms. The number of urea groups is 1. The molecule has 0 atom stereocenters. The summed E-state index contributed by atoms with van der Waals surface area (Å²) in [5.41, 5.74) is -0.184. The Hall–Kier alpha value is -3.10. The monoisotopic (exact) mass is 401 g/mol. The largest absolute Gasteiger partial charge is 0.454 e. The lowest BCUT2D eigenvalue weighted by Crippen LogP contribution is -2.48. The van der Waals surface area contributed by atoms with Crippen LogP contribution in [0.25, 0.3) is 0 Å². The summed E-state index contributed by atoms with van der Waals surface area (Å²) in [5, 5.41) is 5.51. The predicted octanol–water partition coefficient (Wildman–Crippen LogP) is 2.20. The standard InChI is InChI=1S/C20H23N3O6/c1-12(24)13-9-15-16(29-11-28-15)10-14(13)21-17(25)5-8-23-18(26)20(22-19(23)27)6-3-2-4-7-20/h9-10H,2-8,11H2,1H3,(H,21,25)(H,22,27). The SMILES string of the molecule is CC(=O)c1cc2c(cc1NC(=O)CCN1C(=O)NC3(CCCCC3)C1=O)OCO2. The number of anilines is 1. The zero-order chi connectivity index (χ0) is 20.6. The minimum atomic E-state index is -0.801. The molecule has 1 aromatic carbocycles. The Kier molecular flexibility index (Phi) is 4.89. The van der Waals surface area contributed by atoms with Crippen molar-refractivity contribution in [1.29, 1.82) is 0 Å². The minimum absolute atomic E-state index is 0.0157. The normalized spacial score (nSPS) is 19.4. The highest BCUT2D eigenvalue weighted by atomic mass is 16.7. The minimum Gasteiger partial charge on any atom is -0.454 e. The van der Waals surface area contributed by atoms with Crippen LogP contribution in [0.2, 0.25) is 0 Å². The van der Waals surface area contributed by atoms with Crippen molar-refractivity contribution >= 4 is 29.3 Å². The first-order valence-corrected chi connectivity index (χ1v) is 9.78. The number of ether oxygens (including phenoxy) is 2. The first-order chi connectivity index (χ1) is 13.9. The summed E-state index contributed by atoms with van der Waals surface area (Å²) in [6.07, 6.45) is 4.07. The van der Waals surface area contributed by atoms with Gasteiger partial charge in [0.2, 0.25) is 12.7 Å². The second-order valence-corrected chi connectivity index (χ2v) is 7.64. The molecule has 1 aliphatic carbocycles. The molecule has 0 unspecified atom stereocenters. The van der Waals surface area contributed by atoms with Crippen LogP contribution >= 0.6 is 0 Å². The highest BCUT2D eigenvalue weighted by Crippen LogP contribution is 2.37. The van der Waals surface area contributed by atoms with Gasteiger partial charge in [-0.1, -0.05) is 19.3 Å². The van der Waals surface area contributed by atoms with Crippen LogP contribution in [0.1, 0.15) is 55.8 Å². The molecule has 2 aliphatic heterocycles. The third-order valence-corrected chi connectivity index (χ3v) is 5.68. The van der Waals surface area contributed by atoms with Crippen molar-refractivity contribution in [2.45, 2.75) is 51.0 Å². The van der Waals surface area contributed by atoms with Gasteiger partial charge < -0.3 is 20.1 Å². The molecule has 154 valence electrons. The smallest absolute Gasteiger partial charge is 0.325 e. The Labute approximate surface area is 167 Å².